The molecule has 26 heavy (non-hydrogen) atoms. The lowest BCUT2D eigenvalue weighted by molar-refractivity contribution is -0.121. The lowest BCUT2D eigenvalue weighted by atomic mass is 10.1. The van der Waals surface area contributed by atoms with Gasteiger partial charge in [0.05, 0.1) is 4.91 Å². The topological polar surface area (TPSA) is 29.5 Å². The molecule has 3 rings (SSSR count). The van der Waals surface area contributed by atoms with Crippen LogP contribution in [0.2, 0.25) is 10.0 Å². The normalized spacial score (nSPS) is 15.8. The first-order chi connectivity index (χ1) is 12.5. The van der Waals surface area contributed by atoms with Gasteiger partial charge < -0.3 is 4.74 Å². The first-order valence-electron chi connectivity index (χ1n) is 7.90. The van der Waals surface area contributed by atoms with Crippen molar-refractivity contribution in [1.82, 2.24) is 4.90 Å². The molecule has 0 N–H and O–H groups in total. The molecule has 2 aromatic rings. The van der Waals surface area contributed by atoms with Crippen LogP contribution >= 0.6 is 47.2 Å². The molecule has 1 fully saturated rings. The average Bonchev–Trinajstić information content (AvgIpc) is 2.88. The number of rotatable bonds is 5. The van der Waals surface area contributed by atoms with Crippen molar-refractivity contribution in [2.75, 3.05) is 6.54 Å². The molecule has 1 heterocycles. The van der Waals surface area contributed by atoms with Crippen molar-refractivity contribution < 1.29 is 9.53 Å². The van der Waals surface area contributed by atoms with Gasteiger partial charge in [-0.05, 0) is 48.9 Å². The summed E-state index contributed by atoms with van der Waals surface area (Å²) in [6.07, 6.45) is 1.78. The predicted molar refractivity (Wildman–Crippen MR) is 113 cm³/mol. The van der Waals surface area contributed by atoms with Gasteiger partial charge >= 0.3 is 0 Å². The third-order valence-electron chi connectivity index (χ3n) is 3.76. The number of carbonyl (C=O) groups is 1. The Morgan fingerprint density at radius 2 is 1.85 bits per heavy atom. The number of amides is 1. The monoisotopic (exact) mass is 423 g/mol. The average molecular weight is 424 g/mol. The van der Waals surface area contributed by atoms with E-state index < -0.39 is 0 Å². The van der Waals surface area contributed by atoms with E-state index in [-0.39, 0.29) is 5.91 Å². The van der Waals surface area contributed by atoms with E-state index in [1.807, 2.05) is 31.2 Å². The fraction of sp³-hybridized carbons (Fsp3) is 0.158. The standard InChI is InChI=1S/C19H15Cl2NO2S2/c1-2-22-18(23)17(26-19(22)25)10-13-9-15(21)7-8-16(13)24-11-12-3-5-14(20)6-4-12/h3-10H,2,11H2,1H3. The number of nitrogens with zero attached hydrogens (tertiary/aromatic N) is 1. The molecular weight excluding hydrogens is 409 g/mol. The molecule has 1 saturated heterocycles. The number of likely N-dealkylation sites (N-methyl/N-ethyl adjacent to an activating group) is 1. The molecule has 0 saturated carbocycles. The van der Waals surface area contributed by atoms with E-state index in [2.05, 4.69) is 0 Å². The van der Waals surface area contributed by atoms with Crippen molar-refractivity contribution in [3.05, 3.63) is 68.5 Å². The van der Waals surface area contributed by atoms with Gasteiger partial charge in [0, 0.05) is 22.2 Å². The lowest BCUT2D eigenvalue weighted by Crippen LogP contribution is -2.27. The maximum absolute atomic E-state index is 12.4. The third-order valence-corrected chi connectivity index (χ3v) is 5.62. The Kier molecular flexibility index (Phi) is 6.24. The van der Waals surface area contributed by atoms with E-state index in [0.717, 1.165) is 11.1 Å². The number of benzene rings is 2. The summed E-state index contributed by atoms with van der Waals surface area (Å²) < 4.78 is 6.49. The molecule has 1 aliphatic heterocycles. The lowest BCUT2D eigenvalue weighted by Gasteiger charge is -2.11. The van der Waals surface area contributed by atoms with Crippen LogP contribution in [0.25, 0.3) is 6.08 Å². The van der Waals surface area contributed by atoms with Crippen LogP contribution in [0.5, 0.6) is 5.75 Å². The van der Waals surface area contributed by atoms with Crippen molar-refractivity contribution in [1.29, 1.82) is 0 Å². The highest BCUT2D eigenvalue weighted by Gasteiger charge is 2.30. The quantitative estimate of drug-likeness (QED) is 0.449. The molecule has 0 unspecified atom stereocenters. The van der Waals surface area contributed by atoms with Crippen molar-refractivity contribution in [2.24, 2.45) is 0 Å². The van der Waals surface area contributed by atoms with Crippen molar-refractivity contribution in [2.45, 2.75) is 13.5 Å². The smallest absolute Gasteiger partial charge is 0.266 e. The predicted octanol–water partition coefficient (Wildman–Crippen LogP) is 5.79. The molecule has 134 valence electrons. The highest BCUT2D eigenvalue weighted by Crippen LogP contribution is 2.35. The fourth-order valence-corrected chi connectivity index (χ4v) is 4.10. The Hall–Kier alpha value is -1.53. The summed E-state index contributed by atoms with van der Waals surface area (Å²) in [4.78, 5) is 14.6. The van der Waals surface area contributed by atoms with Gasteiger partial charge in [-0.15, -0.1) is 0 Å². The van der Waals surface area contributed by atoms with E-state index in [0.29, 0.717) is 38.2 Å². The summed E-state index contributed by atoms with van der Waals surface area (Å²) in [6, 6.07) is 12.8. The summed E-state index contributed by atoms with van der Waals surface area (Å²) >= 11 is 18.6. The van der Waals surface area contributed by atoms with Crippen LogP contribution in [0.4, 0.5) is 0 Å². The van der Waals surface area contributed by atoms with Crippen molar-refractivity contribution >= 4 is 63.5 Å². The van der Waals surface area contributed by atoms with Crippen molar-refractivity contribution in [3.8, 4) is 5.75 Å². The Labute approximate surface area is 171 Å². The second kappa shape index (κ2) is 8.44. The minimum Gasteiger partial charge on any atom is -0.488 e. The van der Waals surface area contributed by atoms with E-state index in [1.54, 1.807) is 29.2 Å². The number of thioether (sulfide) groups is 1. The van der Waals surface area contributed by atoms with Gasteiger partial charge in [0.15, 0.2) is 0 Å². The zero-order chi connectivity index (χ0) is 18.7. The zero-order valence-corrected chi connectivity index (χ0v) is 17.0. The molecule has 3 nitrogen and oxygen atoms in total. The molecule has 0 atom stereocenters. The molecular formula is C19H15Cl2NO2S2. The number of thiocarbonyl (C=S) groups is 1. The van der Waals surface area contributed by atoms with E-state index in [1.165, 1.54) is 11.8 Å². The van der Waals surface area contributed by atoms with Gasteiger partial charge in [-0.1, -0.05) is 59.3 Å². The molecule has 0 radical (unpaired) electrons. The second-order valence-corrected chi connectivity index (χ2v) is 8.07. The van der Waals surface area contributed by atoms with Crippen LogP contribution in [0.3, 0.4) is 0 Å². The molecule has 0 spiro atoms. The Bertz CT molecular complexity index is 882. The molecule has 2 aromatic carbocycles. The summed E-state index contributed by atoms with van der Waals surface area (Å²) in [5.74, 6) is 0.553. The van der Waals surface area contributed by atoms with Crippen LogP contribution in [0.1, 0.15) is 18.1 Å². The van der Waals surface area contributed by atoms with Crippen LogP contribution < -0.4 is 4.74 Å². The minimum atomic E-state index is -0.0915. The van der Waals surface area contributed by atoms with Crippen LogP contribution in [-0.2, 0) is 11.4 Å². The molecule has 0 aliphatic carbocycles. The third kappa shape index (κ3) is 4.41. The van der Waals surface area contributed by atoms with Gasteiger partial charge in [0.25, 0.3) is 5.91 Å². The van der Waals surface area contributed by atoms with Gasteiger partial charge in [0.2, 0.25) is 0 Å². The first-order valence-corrected chi connectivity index (χ1v) is 9.88. The van der Waals surface area contributed by atoms with E-state index in [4.69, 9.17) is 40.2 Å². The van der Waals surface area contributed by atoms with Gasteiger partial charge in [-0.2, -0.15) is 0 Å². The van der Waals surface area contributed by atoms with E-state index in [9.17, 15) is 4.79 Å². The van der Waals surface area contributed by atoms with Gasteiger partial charge in [-0.3, -0.25) is 9.69 Å². The van der Waals surface area contributed by atoms with Crippen LogP contribution in [0, 0.1) is 0 Å². The number of carbonyl (C=O) groups excluding carboxylic acids is 1. The highest BCUT2D eigenvalue weighted by molar-refractivity contribution is 8.26. The Morgan fingerprint density at radius 1 is 1.15 bits per heavy atom. The first kappa shape index (κ1) is 19.2. The van der Waals surface area contributed by atoms with Crippen LogP contribution in [0.15, 0.2) is 47.4 Å². The molecule has 1 amide bonds. The number of hydrogen-bond acceptors (Lipinski definition) is 4. The second-order valence-electron chi connectivity index (χ2n) is 5.52. The Morgan fingerprint density at radius 3 is 2.50 bits per heavy atom. The summed E-state index contributed by atoms with van der Waals surface area (Å²) in [5, 5.41) is 1.25. The van der Waals surface area contributed by atoms with Gasteiger partial charge in [-0.25, -0.2) is 0 Å². The molecule has 0 aromatic heterocycles. The molecule has 0 bridgehead atoms. The summed E-state index contributed by atoms with van der Waals surface area (Å²) in [5.41, 5.74) is 1.73. The maximum Gasteiger partial charge on any atom is 0.266 e. The van der Waals surface area contributed by atoms with E-state index >= 15 is 0 Å². The molecule has 1 aliphatic rings. The molecule has 7 heteroatoms. The maximum atomic E-state index is 12.4. The van der Waals surface area contributed by atoms with Crippen molar-refractivity contribution in [3.63, 3.8) is 0 Å². The number of ether oxygens (including phenoxy) is 1. The zero-order valence-electron chi connectivity index (χ0n) is 13.9. The largest absolute Gasteiger partial charge is 0.488 e. The Balaban J connectivity index is 1.84. The number of halogens is 2. The van der Waals surface area contributed by atoms with Crippen LogP contribution in [-0.4, -0.2) is 21.7 Å². The van der Waals surface area contributed by atoms with Gasteiger partial charge in [0.1, 0.15) is 16.7 Å². The summed E-state index contributed by atoms with van der Waals surface area (Å²) in [6.45, 7) is 2.83. The highest BCUT2D eigenvalue weighted by atomic mass is 35.5. The summed E-state index contributed by atoms with van der Waals surface area (Å²) in [7, 11) is 0. The fourth-order valence-electron chi connectivity index (χ4n) is 2.42. The SMILES string of the molecule is CCN1C(=O)C(=Cc2cc(Cl)ccc2OCc2ccc(Cl)cc2)SC1=S. The minimum absolute atomic E-state index is 0.0915. The number of hydrogen-bond donors (Lipinski definition) is 0.